The lowest BCUT2D eigenvalue weighted by Gasteiger charge is -2.37. The Balaban J connectivity index is 5.72. The minimum absolute atomic E-state index is 0.125. The lowest BCUT2D eigenvalue weighted by atomic mass is 9.99. The predicted octanol–water partition coefficient (Wildman–Crippen LogP) is 8.00. The van der Waals surface area contributed by atoms with Crippen LogP contribution >= 0.6 is 0 Å². The Morgan fingerprint density at radius 2 is 0.829 bits per heavy atom. The third-order valence-corrected chi connectivity index (χ3v) is 22.3. The first-order valence-corrected chi connectivity index (χ1v) is 22.0. The number of primary amides is 1. The van der Waals surface area contributed by atoms with Crippen LogP contribution in [0.1, 0.15) is 81.6 Å². The molecule has 5 nitrogen and oxygen atoms in total. The maximum absolute atomic E-state index is 12.6. The van der Waals surface area contributed by atoms with Crippen LogP contribution in [0.15, 0.2) is 11.1 Å². The molecule has 1 amide bonds. The third-order valence-electron chi connectivity index (χ3n) is 8.69. The largest absolute Gasteiger partial charge is 0.417 e. The number of carbonyl (C=O) groups excluding carboxylic acids is 1. The van der Waals surface area contributed by atoms with Gasteiger partial charge in [-0.2, -0.15) is 0 Å². The van der Waals surface area contributed by atoms with Gasteiger partial charge in [-0.05, 0) is 73.7 Å². The van der Waals surface area contributed by atoms with Crippen molar-refractivity contribution in [2.24, 2.45) is 5.73 Å². The molecule has 0 unspecified atom stereocenters. The van der Waals surface area contributed by atoms with E-state index in [2.05, 4.69) is 102 Å². The molecule has 8 heteroatoms. The molecular formula is C27H59NO4Si3. The highest BCUT2D eigenvalue weighted by Crippen LogP contribution is 2.39. The molecule has 0 heterocycles. The summed E-state index contributed by atoms with van der Waals surface area (Å²) in [6, 6.07) is 0. The number of carbonyl (C=O) groups is 1. The topological polar surface area (TPSA) is 70.8 Å². The molecule has 0 aromatic heterocycles. The van der Waals surface area contributed by atoms with Crippen LogP contribution in [0.4, 0.5) is 0 Å². The monoisotopic (exact) mass is 545 g/mol. The SMILES string of the molecule is CC(C)(C)[Si](C)(C)OCCC(CCO[Si](C)(C)C(C)(C)C)=C(CCO[Si](C)(C)C(C)(C)C)C(N)=O. The van der Waals surface area contributed by atoms with Crippen LogP contribution in [0, 0.1) is 0 Å². The highest BCUT2D eigenvalue weighted by atomic mass is 28.4. The van der Waals surface area contributed by atoms with E-state index in [4.69, 9.17) is 19.0 Å². The molecule has 35 heavy (non-hydrogen) atoms. The summed E-state index contributed by atoms with van der Waals surface area (Å²) in [6.07, 6.45) is 1.94. The number of amides is 1. The van der Waals surface area contributed by atoms with Crippen LogP contribution < -0.4 is 5.73 Å². The van der Waals surface area contributed by atoms with Crippen molar-refractivity contribution in [3.8, 4) is 0 Å². The molecule has 0 aromatic carbocycles. The van der Waals surface area contributed by atoms with Gasteiger partial charge in [-0.3, -0.25) is 4.79 Å². The molecule has 2 N–H and O–H groups in total. The summed E-state index contributed by atoms with van der Waals surface area (Å²) in [4.78, 5) is 12.6. The van der Waals surface area contributed by atoms with E-state index in [0.29, 0.717) is 44.7 Å². The van der Waals surface area contributed by atoms with Gasteiger partial charge in [0.25, 0.3) is 0 Å². The third kappa shape index (κ3) is 10.9. The second-order valence-corrected chi connectivity index (χ2v) is 29.0. The second-order valence-electron chi connectivity index (χ2n) is 14.5. The average molecular weight is 546 g/mol. The summed E-state index contributed by atoms with van der Waals surface area (Å²) in [7, 11) is -5.64. The molecule has 0 aliphatic carbocycles. The zero-order valence-corrected chi connectivity index (χ0v) is 29.0. The van der Waals surface area contributed by atoms with Crippen LogP contribution in [0.3, 0.4) is 0 Å². The second kappa shape index (κ2) is 12.5. The molecular weight excluding hydrogens is 487 g/mol. The van der Waals surface area contributed by atoms with E-state index in [1.165, 1.54) is 0 Å². The fourth-order valence-electron chi connectivity index (χ4n) is 2.82. The van der Waals surface area contributed by atoms with Crippen molar-refractivity contribution < 1.29 is 18.1 Å². The Morgan fingerprint density at radius 3 is 1.06 bits per heavy atom. The summed E-state index contributed by atoms with van der Waals surface area (Å²) in [6.45, 7) is 35.4. The number of hydrogen-bond acceptors (Lipinski definition) is 4. The summed E-state index contributed by atoms with van der Waals surface area (Å²) < 4.78 is 19.3. The summed E-state index contributed by atoms with van der Waals surface area (Å²) in [5.41, 5.74) is 7.68. The number of rotatable bonds is 13. The standard InChI is InChI=1S/C27H59NO4Si3/c1-25(2,3)33(10,11)30-19-16-22(17-20-31-34(12,13)26(4,5)6)23(24(28)29)18-21-32-35(14,15)27(7,8)9/h16-21H2,1-15H3,(H2,28,29). The maximum atomic E-state index is 12.6. The summed E-state index contributed by atoms with van der Waals surface area (Å²) in [5, 5.41) is 0.415. The lowest BCUT2D eigenvalue weighted by Crippen LogP contribution is -2.41. The van der Waals surface area contributed by atoms with Gasteiger partial charge in [-0.15, -0.1) is 0 Å². The maximum Gasteiger partial charge on any atom is 0.244 e. The highest BCUT2D eigenvalue weighted by Gasteiger charge is 2.39. The summed E-state index contributed by atoms with van der Waals surface area (Å²) in [5.74, 6) is -0.349. The van der Waals surface area contributed by atoms with Gasteiger partial charge in [-0.1, -0.05) is 67.9 Å². The lowest BCUT2D eigenvalue weighted by molar-refractivity contribution is -0.114. The smallest absolute Gasteiger partial charge is 0.244 e. The molecule has 0 aliphatic heterocycles. The Kier molecular flexibility index (Phi) is 12.4. The molecule has 0 aromatic rings. The average Bonchev–Trinajstić information content (AvgIpc) is 2.61. The van der Waals surface area contributed by atoms with Crippen molar-refractivity contribution in [2.45, 2.75) is 136 Å². The van der Waals surface area contributed by atoms with E-state index in [1.54, 1.807) is 0 Å². The Bertz CT molecular complexity index is 690. The zero-order chi connectivity index (χ0) is 28.1. The fourth-order valence-corrected chi connectivity index (χ4v) is 5.95. The van der Waals surface area contributed by atoms with Gasteiger partial charge < -0.3 is 19.0 Å². The fraction of sp³-hybridized carbons (Fsp3) is 0.889. The van der Waals surface area contributed by atoms with Gasteiger partial charge in [0.05, 0.1) is 0 Å². The van der Waals surface area contributed by atoms with Gasteiger partial charge in [0.2, 0.25) is 5.91 Å². The van der Waals surface area contributed by atoms with Gasteiger partial charge in [0, 0.05) is 25.4 Å². The van der Waals surface area contributed by atoms with Gasteiger partial charge in [0.1, 0.15) is 0 Å². The highest BCUT2D eigenvalue weighted by molar-refractivity contribution is 6.74. The predicted molar refractivity (Wildman–Crippen MR) is 160 cm³/mol. The normalized spacial score (nSPS) is 14.3. The van der Waals surface area contributed by atoms with Crippen LogP contribution in [-0.2, 0) is 18.1 Å². The Hall–Kier alpha value is -0.259. The van der Waals surface area contributed by atoms with Gasteiger partial charge in [0.15, 0.2) is 25.0 Å². The first-order chi connectivity index (χ1) is 15.4. The van der Waals surface area contributed by atoms with Crippen LogP contribution in [-0.4, -0.2) is 50.7 Å². The molecule has 208 valence electrons. The number of nitrogens with two attached hydrogens (primary N) is 1. The van der Waals surface area contributed by atoms with Crippen LogP contribution in [0.2, 0.25) is 54.4 Å². The van der Waals surface area contributed by atoms with Crippen molar-refractivity contribution in [3.05, 3.63) is 11.1 Å². The first kappa shape index (κ1) is 34.7. The van der Waals surface area contributed by atoms with E-state index in [-0.39, 0.29) is 21.0 Å². The van der Waals surface area contributed by atoms with Gasteiger partial charge in [-0.25, -0.2) is 0 Å². The molecule has 0 bridgehead atoms. The molecule has 0 fully saturated rings. The minimum Gasteiger partial charge on any atom is -0.417 e. The van der Waals surface area contributed by atoms with Crippen molar-refractivity contribution in [2.75, 3.05) is 19.8 Å². The first-order valence-electron chi connectivity index (χ1n) is 13.3. The van der Waals surface area contributed by atoms with Crippen molar-refractivity contribution in [1.29, 1.82) is 0 Å². The molecule has 0 saturated heterocycles. The van der Waals surface area contributed by atoms with Crippen LogP contribution in [0.5, 0.6) is 0 Å². The molecule has 0 aliphatic rings. The van der Waals surface area contributed by atoms with E-state index < -0.39 is 25.0 Å². The quantitative estimate of drug-likeness (QED) is 0.188. The van der Waals surface area contributed by atoms with E-state index in [9.17, 15) is 4.79 Å². The molecule has 0 saturated carbocycles. The van der Waals surface area contributed by atoms with Crippen molar-refractivity contribution in [1.82, 2.24) is 0 Å². The van der Waals surface area contributed by atoms with E-state index in [1.807, 2.05) is 0 Å². The van der Waals surface area contributed by atoms with Crippen molar-refractivity contribution in [3.63, 3.8) is 0 Å². The minimum atomic E-state index is -1.90. The molecule has 0 atom stereocenters. The zero-order valence-electron chi connectivity index (χ0n) is 26.0. The molecule has 0 radical (unpaired) electrons. The Morgan fingerprint density at radius 1 is 0.571 bits per heavy atom. The number of hydrogen-bond donors (Lipinski definition) is 1. The van der Waals surface area contributed by atoms with Crippen LogP contribution in [0.25, 0.3) is 0 Å². The van der Waals surface area contributed by atoms with Crippen molar-refractivity contribution >= 4 is 30.9 Å². The van der Waals surface area contributed by atoms with E-state index in [0.717, 1.165) is 5.57 Å². The Labute approximate surface area is 221 Å². The molecule has 0 rings (SSSR count). The molecule has 0 spiro atoms. The van der Waals surface area contributed by atoms with Gasteiger partial charge >= 0.3 is 0 Å². The van der Waals surface area contributed by atoms with E-state index >= 15 is 0 Å². The summed E-state index contributed by atoms with van der Waals surface area (Å²) >= 11 is 0.